The van der Waals surface area contributed by atoms with Gasteiger partial charge in [0.25, 0.3) is 11.8 Å². The van der Waals surface area contributed by atoms with Crippen LogP contribution in [0.2, 0.25) is 0 Å². The Morgan fingerprint density at radius 3 is 2.03 bits per heavy atom. The molecule has 2 heterocycles. The van der Waals surface area contributed by atoms with Crippen molar-refractivity contribution in [2.75, 3.05) is 0 Å². The van der Waals surface area contributed by atoms with Crippen molar-refractivity contribution in [2.45, 2.75) is 19.0 Å². The first-order valence-electron chi connectivity index (χ1n) is 8.91. The lowest BCUT2D eigenvalue weighted by Crippen LogP contribution is -2.26. The predicted molar refractivity (Wildman–Crippen MR) is 102 cm³/mol. The van der Waals surface area contributed by atoms with Gasteiger partial charge in [0.05, 0.1) is 22.5 Å². The summed E-state index contributed by atoms with van der Waals surface area (Å²) in [5.74, 6) is -3.88. The van der Waals surface area contributed by atoms with Crippen molar-refractivity contribution in [3.8, 4) is 11.3 Å². The molecular weight excluding hydrogens is 403 g/mol. The van der Waals surface area contributed by atoms with E-state index in [2.05, 4.69) is 16.9 Å². The van der Waals surface area contributed by atoms with Crippen LogP contribution in [0.4, 0.5) is 22.0 Å². The minimum atomic E-state index is -4.64. The second-order valence-corrected chi connectivity index (χ2v) is 7.03. The highest BCUT2D eigenvalue weighted by atomic mass is 19.4. The number of aromatic nitrogens is 1. The lowest BCUT2D eigenvalue weighted by atomic mass is 9.97. The number of fused-ring (bicyclic) bond motifs is 1. The molecule has 0 bridgehead atoms. The Labute approximate surface area is 167 Å². The van der Waals surface area contributed by atoms with Gasteiger partial charge in [-0.25, -0.2) is 8.78 Å². The van der Waals surface area contributed by atoms with E-state index in [1.54, 1.807) is 0 Å². The maximum absolute atomic E-state index is 14.1. The second-order valence-electron chi connectivity index (χ2n) is 7.03. The van der Waals surface area contributed by atoms with E-state index in [9.17, 15) is 26.7 Å². The molecule has 1 aliphatic rings. The van der Waals surface area contributed by atoms with Crippen LogP contribution in [0.25, 0.3) is 23.5 Å². The van der Waals surface area contributed by atoms with E-state index in [0.29, 0.717) is 0 Å². The van der Waals surface area contributed by atoms with Gasteiger partial charge in [-0.05, 0) is 6.07 Å². The van der Waals surface area contributed by atoms with Crippen molar-refractivity contribution in [2.24, 2.45) is 0 Å². The molecule has 2 N–H and O–H groups in total. The third-order valence-corrected chi connectivity index (χ3v) is 4.96. The molecule has 30 heavy (non-hydrogen) atoms. The first kappa shape index (κ1) is 19.9. The Morgan fingerprint density at radius 2 is 1.43 bits per heavy atom. The summed E-state index contributed by atoms with van der Waals surface area (Å²) >= 11 is 0. The van der Waals surface area contributed by atoms with Crippen LogP contribution in [0, 0.1) is 0 Å². The largest absolute Gasteiger partial charge is 0.417 e. The number of carbonyl (C=O) groups excluding carboxylic acids is 1. The second kappa shape index (κ2) is 6.55. The summed E-state index contributed by atoms with van der Waals surface area (Å²) in [5.41, 5.74) is -1.36. The van der Waals surface area contributed by atoms with Crippen molar-refractivity contribution in [1.29, 1.82) is 0 Å². The van der Waals surface area contributed by atoms with E-state index in [-0.39, 0.29) is 44.2 Å². The molecule has 3 nitrogen and oxygen atoms in total. The van der Waals surface area contributed by atoms with Crippen LogP contribution in [0.15, 0.2) is 48.5 Å². The summed E-state index contributed by atoms with van der Waals surface area (Å²) in [7, 11) is 0. The Balaban J connectivity index is 2.05. The summed E-state index contributed by atoms with van der Waals surface area (Å²) in [6, 6.07) is 10.5. The van der Waals surface area contributed by atoms with Gasteiger partial charge in [-0.2, -0.15) is 13.2 Å². The molecule has 0 aliphatic carbocycles. The number of aromatic amines is 1. The molecule has 2 aromatic carbocycles. The quantitative estimate of drug-likeness (QED) is 0.618. The van der Waals surface area contributed by atoms with Crippen LogP contribution in [0.1, 0.15) is 34.0 Å². The van der Waals surface area contributed by atoms with Gasteiger partial charge >= 0.3 is 6.18 Å². The highest BCUT2D eigenvalue weighted by Gasteiger charge is 2.37. The van der Waals surface area contributed by atoms with Crippen molar-refractivity contribution in [3.63, 3.8) is 0 Å². The molecule has 0 saturated heterocycles. The minimum absolute atomic E-state index is 0.0105. The van der Waals surface area contributed by atoms with E-state index in [1.165, 1.54) is 42.5 Å². The zero-order valence-electron chi connectivity index (χ0n) is 15.6. The molecule has 0 unspecified atom stereocenters. The lowest BCUT2D eigenvalue weighted by Gasteiger charge is -2.15. The fourth-order valence-corrected chi connectivity index (χ4v) is 3.73. The van der Waals surface area contributed by atoms with Crippen molar-refractivity contribution in [3.05, 3.63) is 81.4 Å². The minimum Gasteiger partial charge on any atom is -0.354 e. The molecule has 0 saturated carbocycles. The predicted octanol–water partition coefficient (Wildman–Crippen LogP) is 4.12. The molecule has 0 spiro atoms. The molecule has 0 fully saturated rings. The number of benzene rings is 2. The molecule has 0 atom stereocenters. The first-order chi connectivity index (χ1) is 14.0. The van der Waals surface area contributed by atoms with Crippen molar-refractivity contribution < 1.29 is 26.7 Å². The van der Waals surface area contributed by atoms with Gasteiger partial charge in [0, 0.05) is 34.2 Å². The molecule has 1 aliphatic heterocycles. The molecule has 8 heteroatoms. The number of rotatable bonds is 3. The van der Waals surface area contributed by atoms with Gasteiger partial charge in [-0.3, -0.25) is 4.79 Å². The Kier molecular flexibility index (Phi) is 4.34. The fraction of sp³-hybridized carbons (Fsp3) is 0.136. The molecule has 1 aromatic heterocycles. The van der Waals surface area contributed by atoms with Crippen LogP contribution in [0.5, 0.6) is 0 Å². The number of H-pyrrole nitrogens is 1. The van der Waals surface area contributed by atoms with E-state index in [1.807, 2.05) is 0 Å². The molecular formula is C22H15F5N2O. The van der Waals surface area contributed by atoms with Crippen molar-refractivity contribution >= 4 is 18.2 Å². The first-order valence-corrected chi connectivity index (χ1v) is 8.91. The fourth-order valence-electron chi connectivity index (χ4n) is 3.73. The van der Waals surface area contributed by atoms with Crippen molar-refractivity contribution in [1.82, 2.24) is 10.3 Å². The highest BCUT2D eigenvalue weighted by Crippen LogP contribution is 2.37. The number of nitrogens with one attached hydrogen (secondary N) is 2. The number of alkyl halides is 5. The molecule has 3 aromatic rings. The summed E-state index contributed by atoms with van der Waals surface area (Å²) < 4.78 is 68.7. The zero-order chi connectivity index (χ0) is 21.8. The van der Waals surface area contributed by atoms with Crippen LogP contribution >= 0.6 is 0 Å². The molecule has 1 amide bonds. The van der Waals surface area contributed by atoms with Crippen LogP contribution < -0.4 is 15.9 Å². The van der Waals surface area contributed by atoms with Crippen LogP contribution in [-0.2, 0) is 12.1 Å². The Morgan fingerprint density at radius 1 is 0.867 bits per heavy atom. The number of hydrogen-bond donors (Lipinski definition) is 2. The smallest absolute Gasteiger partial charge is 0.354 e. The number of halogens is 5. The zero-order valence-corrected chi connectivity index (χ0v) is 15.6. The average molecular weight is 418 g/mol. The summed E-state index contributed by atoms with van der Waals surface area (Å²) in [6.07, 6.45) is -4.64. The normalized spacial score (nSPS) is 14.1. The number of carbonyl (C=O) groups is 1. The molecule has 154 valence electrons. The summed E-state index contributed by atoms with van der Waals surface area (Å²) in [4.78, 5) is 15.6. The number of hydrogen-bond acceptors (Lipinski definition) is 1. The van der Waals surface area contributed by atoms with E-state index in [0.717, 1.165) is 13.0 Å². The van der Waals surface area contributed by atoms with Gasteiger partial charge < -0.3 is 10.3 Å². The van der Waals surface area contributed by atoms with Gasteiger partial charge in [0.2, 0.25) is 0 Å². The SMILES string of the molecule is C=c1[nH]c(-c2ccccc2C(C)(F)F)c2c1=C(c1ccccc1C(F)(F)F)NC2=O. The Hall–Kier alpha value is -3.42. The van der Waals surface area contributed by atoms with Gasteiger partial charge in [0.1, 0.15) is 0 Å². The van der Waals surface area contributed by atoms with E-state index >= 15 is 0 Å². The highest BCUT2D eigenvalue weighted by molar-refractivity contribution is 6.09. The van der Waals surface area contributed by atoms with Gasteiger partial charge in [-0.1, -0.05) is 49.0 Å². The maximum atomic E-state index is 14.1. The number of amides is 1. The lowest BCUT2D eigenvalue weighted by molar-refractivity contribution is -0.137. The molecule has 0 radical (unpaired) electrons. The molecule has 4 rings (SSSR count). The van der Waals surface area contributed by atoms with Gasteiger partial charge in [0.15, 0.2) is 0 Å². The Bertz CT molecular complexity index is 1280. The third kappa shape index (κ3) is 3.08. The maximum Gasteiger partial charge on any atom is 0.417 e. The standard InChI is InChI=1S/C22H15F5N2O/c1-11-16-17(19(28-11)12-7-3-5-9-14(12)21(2,23)24)20(30)29-18(16)13-8-4-6-10-15(13)22(25,26)27/h3-10,28H,1H2,2H3,(H,29,30). The van der Waals surface area contributed by atoms with Gasteiger partial charge in [-0.15, -0.1) is 0 Å². The van der Waals surface area contributed by atoms with E-state index < -0.39 is 23.6 Å². The monoisotopic (exact) mass is 418 g/mol. The topological polar surface area (TPSA) is 44.9 Å². The third-order valence-electron chi connectivity index (χ3n) is 4.96. The summed E-state index contributed by atoms with van der Waals surface area (Å²) in [6.45, 7) is 4.53. The van der Waals surface area contributed by atoms with E-state index in [4.69, 9.17) is 0 Å². The van der Waals surface area contributed by atoms with Crippen LogP contribution in [0.3, 0.4) is 0 Å². The van der Waals surface area contributed by atoms with Crippen LogP contribution in [-0.4, -0.2) is 10.9 Å². The summed E-state index contributed by atoms with van der Waals surface area (Å²) in [5, 5.41) is 2.76. The average Bonchev–Trinajstić information content (AvgIpc) is 3.19.